The van der Waals surface area contributed by atoms with Gasteiger partial charge in [-0.2, -0.15) is 18.2 Å². The molecule has 2 rings (SSSR count). The zero-order chi connectivity index (χ0) is 17.9. The first-order chi connectivity index (χ1) is 11.2. The maximum atomic E-state index is 12.9. The van der Waals surface area contributed by atoms with Gasteiger partial charge in [0.25, 0.3) is 0 Å². The molecule has 130 valence electrons. The van der Waals surface area contributed by atoms with Crippen molar-refractivity contribution in [2.75, 3.05) is 10.6 Å². The molecule has 0 spiro atoms. The van der Waals surface area contributed by atoms with E-state index < -0.39 is 11.7 Å². The van der Waals surface area contributed by atoms with Gasteiger partial charge in [0, 0.05) is 23.5 Å². The van der Waals surface area contributed by atoms with Crippen LogP contribution in [-0.4, -0.2) is 16.0 Å². The Balaban J connectivity index is 2.28. The molecule has 2 N–H and O–H groups in total. The molecule has 0 saturated carbocycles. The summed E-state index contributed by atoms with van der Waals surface area (Å²) in [6.45, 7) is 5.84. The number of alkyl halides is 3. The fourth-order valence-corrected chi connectivity index (χ4v) is 2.23. The van der Waals surface area contributed by atoms with Gasteiger partial charge in [0.2, 0.25) is 5.95 Å². The number of halogens is 4. The summed E-state index contributed by atoms with van der Waals surface area (Å²) in [5, 5.41) is 5.66. The standard InChI is InChI=1S/C16H18ClF3N4/c1-4-9(2)21-14-7-10(3)22-15(24-14)23-11-5-6-13(17)12(8-11)16(18,19)20/h5-9H,4H2,1-3H3,(H2,21,22,23,24). The number of aromatic nitrogens is 2. The van der Waals surface area contributed by atoms with Crippen LogP contribution in [0.15, 0.2) is 24.3 Å². The Kier molecular flexibility index (Phi) is 5.54. The molecule has 0 bridgehead atoms. The molecule has 24 heavy (non-hydrogen) atoms. The molecule has 1 atom stereocenters. The number of aryl methyl sites for hydroxylation is 1. The third-order valence-electron chi connectivity index (χ3n) is 3.39. The summed E-state index contributed by atoms with van der Waals surface area (Å²) in [7, 11) is 0. The van der Waals surface area contributed by atoms with E-state index in [0.29, 0.717) is 11.5 Å². The first-order valence-electron chi connectivity index (χ1n) is 7.45. The first-order valence-corrected chi connectivity index (χ1v) is 7.83. The average molecular weight is 359 g/mol. The Bertz CT molecular complexity index is 719. The summed E-state index contributed by atoms with van der Waals surface area (Å²) in [4.78, 5) is 8.48. The van der Waals surface area contributed by atoms with Gasteiger partial charge in [0.15, 0.2) is 0 Å². The molecular weight excluding hydrogens is 341 g/mol. The largest absolute Gasteiger partial charge is 0.417 e. The Morgan fingerprint density at radius 3 is 2.54 bits per heavy atom. The Labute approximate surface area is 143 Å². The van der Waals surface area contributed by atoms with Crippen LogP contribution in [0.3, 0.4) is 0 Å². The highest BCUT2D eigenvalue weighted by molar-refractivity contribution is 6.31. The van der Waals surface area contributed by atoms with Crippen LogP contribution < -0.4 is 10.6 Å². The molecule has 1 heterocycles. The Morgan fingerprint density at radius 1 is 1.21 bits per heavy atom. The van der Waals surface area contributed by atoms with Crippen LogP contribution in [0.1, 0.15) is 31.5 Å². The van der Waals surface area contributed by atoms with Gasteiger partial charge in [-0.1, -0.05) is 18.5 Å². The zero-order valence-corrected chi connectivity index (χ0v) is 14.3. The van der Waals surface area contributed by atoms with Crippen molar-refractivity contribution in [2.45, 2.75) is 39.4 Å². The minimum absolute atomic E-state index is 0.215. The second-order valence-corrected chi connectivity index (χ2v) is 5.90. The van der Waals surface area contributed by atoms with Crippen molar-refractivity contribution in [3.63, 3.8) is 0 Å². The molecule has 0 aliphatic carbocycles. The van der Waals surface area contributed by atoms with E-state index in [1.807, 2.05) is 13.8 Å². The molecule has 1 aromatic heterocycles. The first kappa shape index (κ1) is 18.3. The molecule has 0 amide bonds. The summed E-state index contributed by atoms with van der Waals surface area (Å²) in [6, 6.07) is 5.58. The van der Waals surface area contributed by atoms with Gasteiger partial charge in [0.05, 0.1) is 10.6 Å². The number of benzene rings is 1. The van der Waals surface area contributed by atoms with E-state index in [9.17, 15) is 13.2 Å². The normalized spacial score (nSPS) is 12.8. The summed E-state index contributed by atoms with van der Waals surface area (Å²) in [5.74, 6) is 0.834. The SMILES string of the molecule is CCC(C)Nc1cc(C)nc(Nc2ccc(Cl)c(C(F)(F)F)c2)n1. The van der Waals surface area contributed by atoms with Crippen LogP contribution in [0.5, 0.6) is 0 Å². The summed E-state index contributed by atoms with van der Waals surface area (Å²) in [5.41, 5.74) is 0.00917. The fourth-order valence-electron chi connectivity index (χ4n) is 2.00. The van der Waals surface area contributed by atoms with Gasteiger partial charge in [-0.3, -0.25) is 0 Å². The Morgan fingerprint density at radius 2 is 1.92 bits per heavy atom. The summed E-state index contributed by atoms with van der Waals surface area (Å²) < 4.78 is 38.8. The second kappa shape index (κ2) is 7.25. The second-order valence-electron chi connectivity index (χ2n) is 5.49. The lowest BCUT2D eigenvalue weighted by Crippen LogP contribution is -2.15. The van der Waals surface area contributed by atoms with Crippen molar-refractivity contribution >= 4 is 29.1 Å². The van der Waals surface area contributed by atoms with Crippen LogP contribution in [0.2, 0.25) is 5.02 Å². The molecule has 0 fully saturated rings. The van der Waals surface area contributed by atoms with E-state index in [1.54, 1.807) is 13.0 Å². The van der Waals surface area contributed by atoms with E-state index in [4.69, 9.17) is 11.6 Å². The van der Waals surface area contributed by atoms with Crippen LogP contribution >= 0.6 is 11.6 Å². The predicted molar refractivity (Wildman–Crippen MR) is 89.9 cm³/mol. The molecule has 1 unspecified atom stereocenters. The molecule has 4 nitrogen and oxygen atoms in total. The van der Waals surface area contributed by atoms with E-state index >= 15 is 0 Å². The third kappa shape index (κ3) is 4.74. The van der Waals surface area contributed by atoms with Crippen LogP contribution in [-0.2, 0) is 6.18 Å². The number of hydrogen-bond donors (Lipinski definition) is 2. The molecule has 0 saturated heterocycles. The molecule has 0 radical (unpaired) electrons. The maximum Gasteiger partial charge on any atom is 0.417 e. The number of hydrogen-bond acceptors (Lipinski definition) is 4. The van der Waals surface area contributed by atoms with Gasteiger partial charge in [0.1, 0.15) is 5.82 Å². The average Bonchev–Trinajstić information content (AvgIpc) is 2.47. The van der Waals surface area contributed by atoms with Gasteiger partial charge in [-0.05, 0) is 38.5 Å². The van der Waals surface area contributed by atoms with Crippen molar-refractivity contribution in [1.29, 1.82) is 0 Å². The van der Waals surface area contributed by atoms with Crippen molar-refractivity contribution < 1.29 is 13.2 Å². The topological polar surface area (TPSA) is 49.8 Å². The molecule has 0 aliphatic heterocycles. The smallest absolute Gasteiger partial charge is 0.367 e. The van der Waals surface area contributed by atoms with Crippen molar-refractivity contribution in [2.24, 2.45) is 0 Å². The minimum atomic E-state index is -4.52. The van der Waals surface area contributed by atoms with Gasteiger partial charge < -0.3 is 10.6 Å². The van der Waals surface area contributed by atoms with E-state index in [0.717, 1.165) is 12.5 Å². The molecule has 8 heteroatoms. The van der Waals surface area contributed by atoms with E-state index in [-0.39, 0.29) is 22.7 Å². The number of nitrogens with one attached hydrogen (secondary N) is 2. The van der Waals surface area contributed by atoms with Crippen LogP contribution in [0, 0.1) is 6.92 Å². The predicted octanol–water partition coefficient (Wildman–Crippen LogP) is 5.41. The molecule has 1 aromatic carbocycles. The highest BCUT2D eigenvalue weighted by Crippen LogP contribution is 2.36. The maximum absolute atomic E-state index is 12.9. The lowest BCUT2D eigenvalue weighted by molar-refractivity contribution is -0.137. The van der Waals surface area contributed by atoms with Gasteiger partial charge >= 0.3 is 6.18 Å². The number of rotatable bonds is 5. The number of nitrogens with zero attached hydrogens (tertiary/aromatic N) is 2. The van der Waals surface area contributed by atoms with Crippen molar-refractivity contribution in [1.82, 2.24) is 9.97 Å². The fraction of sp³-hybridized carbons (Fsp3) is 0.375. The highest BCUT2D eigenvalue weighted by Gasteiger charge is 2.33. The van der Waals surface area contributed by atoms with Gasteiger partial charge in [-0.15, -0.1) is 0 Å². The molecule has 2 aromatic rings. The van der Waals surface area contributed by atoms with Gasteiger partial charge in [-0.25, -0.2) is 4.98 Å². The van der Waals surface area contributed by atoms with Crippen LogP contribution in [0.25, 0.3) is 0 Å². The lowest BCUT2D eigenvalue weighted by atomic mass is 10.2. The highest BCUT2D eigenvalue weighted by atomic mass is 35.5. The summed E-state index contributed by atoms with van der Waals surface area (Å²) in [6.07, 6.45) is -3.61. The van der Waals surface area contributed by atoms with E-state index in [2.05, 4.69) is 20.6 Å². The minimum Gasteiger partial charge on any atom is -0.367 e. The zero-order valence-electron chi connectivity index (χ0n) is 13.5. The molecule has 0 aliphatic rings. The van der Waals surface area contributed by atoms with Crippen molar-refractivity contribution in [3.05, 3.63) is 40.5 Å². The van der Waals surface area contributed by atoms with Crippen LogP contribution in [0.4, 0.5) is 30.6 Å². The third-order valence-corrected chi connectivity index (χ3v) is 3.72. The van der Waals surface area contributed by atoms with Crippen molar-refractivity contribution in [3.8, 4) is 0 Å². The summed E-state index contributed by atoms with van der Waals surface area (Å²) >= 11 is 5.62. The lowest BCUT2D eigenvalue weighted by Gasteiger charge is -2.15. The monoisotopic (exact) mass is 358 g/mol. The quantitative estimate of drug-likeness (QED) is 0.750. The van der Waals surface area contributed by atoms with E-state index in [1.165, 1.54) is 12.1 Å². The molecular formula is C16H18ClF3N4. The Hall–Kier alpha value is -2.02. The number of anilines is 3.